The second-order valence-corrected chi connectivity index (χ2v) is 7.78. The predicted octanol–water partition coefficient (Wildman–Crippen LogP) is 1.73. The van der Waals surface area contributed by atoms with Gasteiger partial charge in [-0.15, -0.1) is 0 Å². The number of hydrogen-bond donors (Lipinski definition) is 1. The van der Waals surface area contributed by atoms with Crippen molar-refractivity contribution in [2.24, 2.45) is 14.1 Å². The Kier molecular flexibility index (Phi) is 5.57. The predicted molar refractivity (Wildman–Crippen MR) is 115 cm³/mol. The monoisotopic (exact) mass is 433 g/mol. The van der Waals surface area contributed by atoms with Crippen LogP contribution < -0.4 is 21.3 Å². The van der Waals surface area contributed by atoms with E-state index in [1.165, 1.54) is 11.6 Å². The molecule has 0 amide bonds. The molecule has 9 nitrogen and oxygen atoms in total. The van der Waals surface area contributed by atoms with Crippen LogP contribution in [0.15, 0.2) is 27.8 Å². The van der Waals surface area contributed by atoms with Gasteiger partial charge in [0.2, 0.25) is 5.95 Å². The Bertz CT molecular complexity index is 1210. The van der Waals surface area contributed by atoms with Gasteiger partial charge in [0, 0.05) is 32.3 Å². The lowest BCUT2D eigenvalue weighted by Gasteiger charge is -2.15. The Morgan fingerprint density at radius 2 is 2.10 bits per heavy atom. The molecule has 2 aromatic heterocycles. The SMILES string of the molecule is COc1ccc(Cl)c(Cn2c(NCC3CCCO3)nc3c2c(=O)n(C)c(=O)n3C)c1. The fourth-order valence-corrected chi connectivity index (χ4v) is 3.89. The number of imidazole rings is 1. The molecule has 0 bridgehead atoms. The molecule has 1 fully saturated rings. The number of nitrogens with one attached hydrogen (secondary N) is 1. The van der Waals surface area contributed by atoms with Gasteiger partial charge in [-0.3, -0.25) is 18.5 Å². The van der Waals surface area contributed by atoms with Gasteiger partial charge < -0.3 is 14.8 Å². The number of ether oxygens (including phenoxy) is 2. The van der Waals surface area contributed by atoms with Crippen molar-refractivity contribution in [2.75, 3.05) is 25.6 Å². The van der Waals surface area contributed by atoms with Crippen molar-refractivity contribution < 1.29 is 9.47 Å². The Hall–Kier alpha value is -2.78. The highest BCUT2D eigenvalue weighted by molar-refractivity contribution is 6.31. The summed E-state index contributed by atoms with van der Waals surface area (Å²) in [5.41, 5.74) is 0.573. The van der Waals surface area contributed by atoms with E-state index in [1.807, 2.05) is 6.07 Å². The summed E-state index contributed by atoms with van der Waals surface area (Å²) in [6.45, 7) is 1.59. The summed E-state index contributed by atoms with van der Waals surface area (Å²) in [7, 11) is 4.64. The number of aryl methyl sites for hydroxylation is 1. The van der Waals surface area contributed by atoms with Crippen LogP contribution in [0.2, 0.25) is 5.02 Å². The van der Waals surface area contributed by atoms with Crippen LogP contribution in [0.1, 0.15) is 18.4 Å². The molecule has 1 N–H and O–H groups in total. The first-order valence-corrected chi connectivity index (χ1v) is 10.1. The van der Waals surface area contributed by atoms with Crippen LogP contribution in [-0.2, 0) is 25.4 Å². The van der Waals surface area contributed by atoms with Gasteiger partial charge in [-0.1, -0.05) is 11.6 Å². The van der Waals surface area contributed by atoms with Crippen molar-refractivity contribution >= 4 is 28.7 Å². The average Bonchev–Trinajstić information content (AvgIpc) is 3.39. The van der Waals surface area contributed by atoms with Crippen molar-refractivity contribution in [1.82, 2.24) is 18.7 Å². The Morgan fingerprint density at radius 3 is 2.80 bits per heavy atom. The minimum atomic E-state index is -0.428. The van der Waals surface area contributed by atoms with Crippen molar-refractivity contribution in [3.63, 3.8) is 0 Å². The molecule has 1 aliphatic heterocycles. The lowest BCUT2D eigenvalue weighted by molar-refractivity contribution is 0.120. The Morgan fingerprint density at radius 1 is 1.30 bits per heavy atom. The van der Waals surface area contributed by atoms with E-state index in [9.17, 15) is 9.59 Å². The smallest absolute Gasteiger partial charge is 0.332 e. The van der Waals surface area contributed by atoms with Gasteiger partial charge in [0.25, 0.3) is 5.56 Å². The third-order valence-corrected chi connectivity index (χ3v) is 5.81. The van der Waals surface area contributed by atoms with E-state index in [1.54, 1.807) is 30.9 Å². The van der Waals surface area contributed by atoms with E-state index in [-0.39, 0.29) is 12.6 Å². The van der Waals surface area contributed by atoms with Crippen LogP contribution in [0.25, 0.3) is 11.2 Å². The third kappa shape index (κ3) is 3.59. The quantitative estimate of drug-likeness (QED) is 0.636. The number of halogens is 1. The second kappa shape index (κ2) is 8.16. The summed E-state index contributed by atoms with van der Waals surface area (Å²) < 4.78 is 15.2. The summed E-state index contributed by atoms with van der Waals surface area (Å²) in [5, 5.41) is 3.84. The highest BCUT2D eigenvalue weighted by atomic mass is 35.5. The number of anilines is 1. The lowest BCUT2D eigenvalue weighted by atomic mass is 10.2. The number of nitrogens with zero attached hydrogens (tertiary/aromatic N) is 4. The van der Waals surface area contributed by atoms with E-state index < -0.39 is 11.2 Å². The summed E-state index contributed by atoms with van der Waals surface area (Å²) in [6.07, 6.45) is 2.08. The molecule has 30 heavy (non-hydrogen) atoms. The van der Waals surface area contributed by atoms with E-state index in [0.717, 1.165) is 29.6 Å². The molecule has 1 aromatic carbocycles. The number of benzene rings is 1. The van der Waals surface area contributed by atoms with Crippen LogP contribution in [0.5, 0.6) is 5.75 Å². The number of methoxy groups -OCH3 is 1. The summed E-state index contributed by atoms with van der Waals surface area (Å²) in [5.74, 6) is 1.14. The molecule has 1 aliphatic rings. The Balaban J connectivity index is 1.85. The summed E-state index contributed by atoms with van der Waals surface area (Å²) >= 11 is 6.41. The van der Waals surface area contributed by atoms with Crippen LogP contribution in [-0.4, -0.2) is 45.1 Å². The molecule has 0 radical (unpaired) electrons. The van der Waals surface area contributed by atoms with Crippen LogP contribution >= 0.6 is 11.6 Å². The number of fused-ring (bicyclic) bond motifs is 1. The standard InChI is InChI=1S/C20H24ClN5O4/c1-24-17-16(18(27)25(2)20(24)28)26(11-12-9-13(29-3)6-7-15(12)21)19(23-17)22-10-14-5-4-8-30-14/h6-7,9,14H,4-5,8,10-11H2,1-3H3,(H,22,23). The zero-order valence-corrected chi connectivity index (χ0v) is 17.9. The highest BCUT2D eigenvalue weighted by Gasteiger charge is 2.22. The molecule has 3 heterocycles. The molecule has 3 aromatic rings. The van der Waals surface area contributed by atoms with E-state index >= 15 is 0 Å². The molecule has 0 saturated carbocycles. The molecule has 160 valence electrons. The van der Waals surface area contributed by atoms with Crippen molar-refractivity contribution in [3.05, 3.63) is 49.6 Å². The lowest BCUT2D eigenvalue weighted by Crippen LogP contribution is -2.37. The zero-order chi connectivity index (χ0) is 21.4. The highest BCUT2D eigenvalue weighted by Crippen LogP contribution is 2.26. The van der Waals surface area contributed by atoms with E-state index in [2.05, 4.69) is 10.3 Å². The van der Waals surface area contributed by atoms with Gasteiger partial charge in [0.05, 0.1) is 19.8 Å². The second-order valence-electron chi connectivity index (χ2n) is 7.37. The average molecular weight is 434 g/mol. The van der Waals surface area contributed by atoms with Crippen molar-refractivity contribution in [2.45, 2.75) is 25.5 Å². The van der Waals surface area contributed by atoms with Crippen molar-refractivity contribution in [3.8, 4) is 5.75 Å². The minimum absolute atomic E-state index is 0.0883. The Labute approximate surface area is 177 Å². The van der Waals surface area contributed by atoms with Gasteiger partial charge in [-0.2, -0.15) is 4.98 Å². The molecule has 4 rings (SSSR count). The summed E-state index contributed by atoms with van der Waals surface area (Å²) in [4.78, 5) is 29.9. The maximum Gasteiger partial charge on any atom is 0.332 e. The van der Waals surface area contributed by atoms with Gasteiger partial charge in [-0.25, -0.2) is 4.79 Å². The number of rotatable bonds is 6. The first kappa shape index (κ1) is 20.5. The summed E-state index contributed by atoms with van der Waals surface area (Å²) in [6, 6.07) is 5.35. The molecular weight excluding hydrogens is 410 g/mol. The van der Waals surface area contributed by atoms with Crippen molar-refractivity contribution in [1.29, 1.82) is 0 Å². The van der Waals surface area contributed by atoms with Gasteiger partial charge in [0.15, 0.2) is 11.2 Å². The third-order valence-electron chi connectivity index (χ3n) is 5.44. The van der Waals surface area contributed by atoms with E-state index in [4.69, 9.17) is 21.1 Å². The molecule has 1 unspecified atom stereocenters. The molecule has 10 heteroatoms. The van der Waals surface area contributed by atoms with Gasteiger partial charge in [-0.05, 0) is 36.6 Å². The van der Waals surface area contributed by atoms with Crippen LogP contribution in [0, 0.1) is 0 Å². The molecule has 0 aliphatic carbocycles. The van der Waals surface area contributed by atoms with Gasteiger partial charge in [0.1, 0.15) is 5.75 Å². The molecule has 0 spiro atoms. The maximum absolute atomic E-state index is 13.0. The maximum atomic E-state index is 13.0. The van der Waals surface area contributed by atoms with E-state index in [0.29, 0.717) is 34.4 Å². The van der Waals surface area contributed by atoms with Gasteiger partial charge >= 0.3 is 5.69 Å². The van der Waals surface area contributed by atoms with Crippen LogP contribution in [0.4, 0.5) is 5.95 Å². The fourth-order valence-electron chi connectivity index (χ4n) is 3.72. The molecule has 1 saturated heterocycles. The minimum Gasteiger partial charge on any atom is -0.497 e. The van der Waals surface area contributed by atoms with Crippen LogP contribution in [0.3, 0.4) is 0 Å². The fraction of sp³-hybridized carbons (Fsp3) is 0.450. The topological polar surface area (TPSA) is 92.3 Å². The largest absolute Gasteiger partial charge is 0.497 e. The molecule has 1 atom stereocenters. The number of aromatic nitrogens is 4. The number of hydrogen-bond acceptors (Lipinski definition) is 6. The zero-order valence-electron chi connectivity index (χ0n) is 17.1. The normalized spacial score (nSPS) is 16.3. The first-order chi connectivity index (χ1) is 14.4. The first-order valence-electron chi connectivity index (χ1n) is 9.75. The molecular formula is C20H24ClN5O4.